The summed E-state index contributed by atoms with van der Waals surface area (Å²) in [6, 6.07) is 10.8. The van der Waals surface area contributed by atoms with Gasteiger partial charge in [0, 0.05) is 24.6 Å². The quantitative estimate of drug-likeness (QED) is 0.913. The zero-order valence-corrected chi connectivity index (χ0v) is 14.0. The lowest BCUT2D eigenvalue weighted by atomic mass is 9.92. The van der Waals surface area contributed by atoms with Crippen molar-refractivity contribution >= 4 is 0 Å². The first-order chi connectivity index (χ1) is 11.2. The number of ether oxygens (including phenoxy) is 1. The summed E-state index contributed by atoms with van der Waals surface area (Å²) in [7, 11) is 1.75. The summed E-state index contributed by atoms with van der Waals surface area (Å²) in [5.74, 6) is 0.282. The zero-order valence-electron chi connectivity index (χ0n) is 14.0. The topological polar surface area (TPSA) is 47.3 Å². The second-order valence-corrected chi connectivity index (χ2v) is 6.57. The van der Waals surface area contributed by atoms with E-state index in [0.717, 1.165) is 36.9 Å². The van der Waals surface area contributed by atoms with E-state index in [9.17, 15) is 5.11 Å². The van der Waals surface area contributed by atoms with Crippen LogP contribution in [0.25, 0.3) is 11.3 Å². The van der Waals surface area contributed by atoms with Gasteiger partial charge in [-0.3, -0.25) is 0 Å². The van der Waals surface area contributed by atoms with E-state index in [-0.39, 0.29) is 12.0 Å². The number of aromatic nitrogens is 2. The van der Waals surface area contributed by atoms with Gasteiger partial charge in [0.25, 0.3) is 0 Å². The van der Waals surface area contributed by atoms with Gasteiger partial charge in [0.15, 0.2) is 0 Å². The van der Waals surface area contributed by atoms with Gasteiger partial charge in [-0.2, -0.15) is 0 Å². The standard InChI is InChI=1S/C19H26N2O2/c1-14(12-23-2)19-18(15-6-4-3-5-7-15)20-13-21(19)16-8-10-17(22)11-9-16/h3-7,13-14,16-17,22H,8-12H2,1-2H3. The minimum absolute atomic E-state index is 0.136. The maximum Gasteiger partial charge on any atom is 0.0958 e. The van der Waals surface area contributed by atoms with Crippen molar-refractivity contribution < 1.29 is 9.84 Å². The summed E-state index contributed by atoms with van der Waals surface area (Å²) in [4.78, 5) is 4.73. The Bertz CT molecular complexity index is 616. The van der Waals surface area contributed by atoms with Crippen LogP contribution in [0.2, 0.25) is 0 Å². The molecule has 0 aliphatic heterocycles. The van der Waals surface area contributed by atoms with Crippen LogP contribution in [0.4, 0.5) is 0 Å². The van der Waals surface area contributed by atoms with Crippen molar-refractivity contribution in [3.8, 4) is 11.3 Å². The lowest BCUT2D eigenvalue weighted by Crippen LogP contribution is -2.23. The Kier molecular flexibility index (Phi) is 5.13. The Morgan fingerprint density at radius 1 is 1.22 bits per heavy atom. The molecule has 4 nitrogen and oxygen atoms in total. The van der Waals surface area contributed by atoms with Crippen LogP contribution in [-0.4, -0.2) is 34.5 Å². The first kappa shape index (κ1) is 16.2. The lowest BCUT2D eigenvalue weighted by molar-refractivity contribution is 0.109. The molecule has 1 atom stereocenters. The lowest BCUT2D eigenvalue weighted by Gasteiger charge is -2.29. The average Bonchev–Trinajstić information content (AvgIpc) is 3.01. The summed E-state index contributed by atoms with van der Waals surface area (Å²) >= 11 is 0. The van der Waals surface area contributed by atoms with E-state index in [4.69, 9.17) is 9.72 Å². The molecule has 1 unspecified atom stereocenters. The molecule has 23 heavy (non-hydrogen) atoms. The molecule has 1 heterocycles. The van der Waals surface area contributed by atoms with E-state index in [1.54, 1.807) is 7.11 Å². The number of rotatable bonds is 5. The van der Waals surface area contributed by atoms with Gasteiger partial charge >= 0.3 is 0 Å². The molecule has 0 spiro atoms. The van der Waals surface area contributed by atoms with Crippen LogP contribution in [0.3, 0.4) is 0 Å². The molecule has 0 saturated heterocycles. The molecular weight excluding hydrogens is 288 g/mol. The molecule has 0 bridgehead atoms. The summed E-state index contributed by atoms with van der Waals surface area (Å²) < 4.78 is 7.73. The number of nitrogens with zero attached hydrogens (tertiary/aromatic N) is 2. The van der Waals surface area contributed by atoms with Crippen LogP contribution >= 0.6 is 0 Å². The van der Waals surface area contributed by atoms with E-state index < -0.39 is 0 Å². The minimum atomic E-state index is -0.136. The summed E-state index contributed by atoms with van der Waals surface area (Å²) in [6.45, 7) is 2.88. The van der Waals surface area contributed by atoms with Crippen LogP contribution in [0.1, 0.15) is 50.3 Å². The Balaban J connectivity index is 1.98. The summed E-state index contributed by atoms with van der Waals surface area (Å²) in [6.07, 6.45) is 5.62. The number of imidazole rings is 1. The van der Waals surface area contributed by atoms with Crippen molar-refractivity contribution in [3.05, 3.63) is 42.4 Å². The molecule has 0 amide bonds. The van der Waals surface area contributed by atoms with Crippen molar-refractivity contribution in [2.75, 3.05) is 13.7 Å². The van der Waals surface area contributed by atoms with Gasteiger partial charge in [0.05, 0.1) is 30.4 Å². The molecular formula is C19H26N2O2. The first-order valence-electron chi connectivity index (χ1n) is 8.49. The Labute approximate surface area is 138 Å². The van der Waals surface area contributed by atoms with Crippen LogP contribution in [0.15, 0.2) is 36.7 Å². The predicted octanol–water partition coefficient (Wildman–Crippen LogP) is 3.78. The fourth-order valence-electron chi connectivity index (χ4n) is 3.63. The van der Waals surface area contributed by atoms with Crippen LogP contribution < -0.4 is 0 Å². The van der Waals surface area contributed by atoms with E-state index >= 15 is 0 Å². The summed E-state index contributed by atoms with van der Waals surface area (Å²) in [5.41, 5.74) is 3.46. The van der Waals surface area contributed by atoms with Gasteiger partial charge in [0.2, 0.25) is 0 Å². The number of aliphatic hydroxyl groups is 1. The van der Waals surface area contributed by atoms with Crippen LogP contribution in [0.5, 0.6) is 0 Å². The highest BCUT2D eigenvalue weighted by molar-refractivity contribution is 5.62. The van der Waals surface area contributed by atoms with Gasteiger partial charge < -0.3 is 14.4 Å². The smallest absolute Gasteiger partial charge is 0.0958 e. The van der Waals surface area contributed by atoms with Crippen molar-refractivity contribution in [1.29, 1.82) is 0 Å². The summed E-state index contributed by atoms with van der Waals surface area (Å²) in [5, 5.41) is 9.77. The molecule has 0 radical (unpaired) electrons. The molecule has 1 saturated carbocycles. The molecule has 1 aliphatic rings. The monoisotopic (exact) mass is 314 g/mol. The predicted molar refractivity (Wildman–Crippen MR) is 91.5 cm³/mol. The van der Waals surface area contributed by atoms with Crippen LogP contribution in [0, 0.1) is 0 Å². The molecule has 1 fully saturated rings. The average molecular weight is 314 g/mol. The van der Waals surface area contributed by atoms with E-state index in [1.807, 2.05) is 12.4 Å². The number of hydrogen-bond donors (Lipinski definition) is 1. The minimum Gasteiger partial charge on any atom is -0.393 e. The maximum absolute atomic E-state index is 9.77. The first-order valence-corrected chi connectivity index (χ1v) is 8.49. The third-order valence-electron chi connectivity index (χ3n) is 4.82. The van der Waals surface area contributed by atoms with Crippen molar-refractivity contribution in [3.63, 3.8) is 0 Å². The highest BCUT2D eigenvalue weighted by Crippen LogP contribution is 2.35. The largest absolute Gasteiger partial charge is 0.393 e. The second kappa shape index (κ2) is 7.28. The molecule has 1 aromatic carbocycles. The number of benzene rings is 1. The van der Waals surface area contributed by atoms with Crippen LogP contribution in [-0.2, 0) is 4.74 Å². The second-order valence-electron chi connectivity index (χ2n) is 6.57. The van der Waals surface area contributed by atoms with Gasteiger partial charge in [-0.1, -0.05) is 37.3 Å². The SMILES string of the molecule is COCC(C)c1c(-c2ccccc2)ncn1C1CCC(O)CC1. The third-order valence-corrected chi connectivity index (χ3v) is 4.82. The molecule has 4 heteroatoms. The maximum atomic E-state index is 9.77. The molecule has 1 aliphatic carbocycles. The molecule has 1 N–H and O–H groups in total. The van der Waals surface area contributed by atoms with Crippen molar-refractivity contribution in [1.82, 2.24) is 9.55 Å². The highest BCUT2D eigenvalue weighted by atomic mass is 16.5. The number of hydrogen-bond acceptors (Lipinski definition) is 3. The van der Waals surface area contributed by atoms with Gasteiger partial charge in [0.1, 0.15) is 0 Å². The van der Waals surface area contributed by atoms with E-state index in [0.29, 0.717) is 12.6 Å². The van der Waals surface area contributed by atoms with E-state index in [1.165, 1.54) is 5.69 Å². The molecule has 124 valence electrons. The third kappa shape index (κ3) is 3.48. The number of aliphatic hydroxyl groups excluding tert-OH is 1. The van der Waals surface area contributed by atoms with Crippen molar-refractivity contribution in [2.24, 2.45) is 0 Å². The molecule has 2 aromatic rings. The van der Waals surface area contributed by atoms with Gasteiger partial charge in [-0.15, -0.1) is 0 Å². The van der Waals surface area contributed by atoms with Crippen molar-refractivity contribution in [2.45, 2.75) is 50.7 Å². The number of methoxy groups -OCH3 is 1. The fraction of sp³-hybridized carbons (Fsp3) is 0.526. The Morgan fingerprint density at radius 3 is 2.57 bits per heavy atom. The normalized spacial score (nSPS) is 22.9. The fourth-order valence-corrected chi connectivity index (χ4v) is 3.63. The van der Waals surface area contributed by atoms with Gasteiger partial charge in [-0.25, -0.2) is 4.98 Å². The highest BCUT2D eigenvalue weighted by Gasteiger charge is 2.26. The van der Waals surface area contributed by atoms with E-state index in [2.05, 4.69) is 35.8 Å². The molecule has 3 rings (SSSR count). The van der Waals surface area contributed by atoms with Gasteiger partial charge in [-0.05, 0) is 25.7 Å². The zero-order chi connectivity index (χ0) is 16.2. The Morgan fingerprint density at radius 2 is 1.91 bits per heavy atom. The Hall–Kier alpha value is -1.65. The molecule has 1 aromatic heterocycles.